The Hall–Kier alpha value is -2.02. The monoisotopic (exact) mass is 288 g/mol. The summed E-state index contributed by atoms with van der Waals surface area (Å²) in [7, 11) is 0. The normalized spacial score (nSPS) is 18.6. The molecule has 0 radical (unpaired) electrons. The lowest BCUT2D eigenvalue weighted by molar-refractivity contribution is 0.301. The van der Waals surface area contributed by atoms with Gasteiger partial charge in [-0.25, -0.2) is 9.61 Å². The fraction of sp³-hybridized carbons (Fsp3) is 0.571. The number of hydrogen-bond donors (Lipinski definition) is 2. The molecule has 112 valence electrons. The number of aromatic nitrogens is 4. The molecule has 2 aromatic heterocycles. The van der Waals surface area contributed by atoms with Gasteiger partial charge >= 0.3 is 0 Å². The third kappa shape index (κ3) is 3.75. The van der Waals surface area contributed by atoms with E-state index in [0.717, 1.165) is 42.4 Å². The summed E-state index contributed by atoms with van der Waals surface area (Å²) in [5.74, 6) is 1.42. The standard InChI is InChI=1S/C14H20N6O/c1-10-13(20-21-19-10)8-18-14-9-16-12(7-17-14)5-11-3-2-4-15-6-11/h7,9,11,15H,2-6,8H2,1H3,(H,17,18). The molecule has 1 aliphatic rings. The van der Waals surface area contributed by atoms with Crippen LogP contribution in [0.3, 0.4) is 0 Å². The van der Waals surface area contributed by atoms with Crippen molar-refractivity contribution in [2.24, 2.45) is 5.92 Å². The van der Waals surface area contributed by atoms with Crippen LogP contribution in [-0.2, 0) is 13.0 Å². The van der Waals surface area contributed by atoms with Crippen LogP contribution in [0, 0.1) is 12.8 Å². The molecule has 0 saturated carbocycles. The van der Waals surface area contributed by atoms with Gasteiger partial charge in [-0.1, -0.05) is 10.3 Å². The van der Waals surface area contributed by atoms with E-state index in [0.29, 0.717) is 12.5 Å². The Morgan fingerprint density at radius 2 is 2.29 bits per heavy atom. The summed E-state index contributed by atoms with van der Waals surface area (Å²) in [6.07, 6.45) is 7.14. The topological polar surface area (TPSA) is 88.8 Å². The van der Waals surface area contributed by atoms with Crippen molar-refractivity contribution >= 4 is 5.82 Å². The first kappa shape index (κ1) is 13.9. The summed E-state index contributed by atoms with van der Waals surface area (Å²) in [5, 5.41) is 14.2. The van der Waals surface area contributed by atoms with Crippen LogP contribution in [-0.4, -0.2) is 33.4 Å². The molecular weight excluding hydrogens is 268 g/mol. The molecule has 1 saturated heterocycles. The molecule has 1 fully saturated rings. The second-order valence-corrected chi connectivity index (χ2v) is 5.46. The number of anilines is 1. The first-order valence-electron chi connectivity index (χ1n) is 7.35. The highest BCUT2D eigenvalue weighted by Gasteiger charge is 2.14. The molecule has 7 heteroatoms. The highest BCUT2D eigenvalue weighted by atomic mass is 16.6. The number of piperidine rings is 1. The van der Waals surface area contributed by atoms with Crippen molar-refractivity contribution in [2.45, 2.75) is 32.7 Å². The van der Waals surface area contributed by atoms with E-state index in [1.54, 1.807) is 6.20 Å². The molecule has 0 spiro atoms. The molecule has 0 amide bonds. The minimum atomic E-state index is 0.538. The van der Waals surface area contributed by atoms with Gasteiger partial charge in [-0.15, -0.1) is 0 Å². The van der Waals surface area contributed by atoms with E-state index in [1.807, 2.05) is 13.1 Å². The van der Waals surface area contributed by atoms with E-state index in [-0.39, 0.29) is 0 Å². The zero-order valence-electron chi connectivity index (χ0n) is 12.2. The predicted octanol–water partition coefficient (Wildman–Crippen LogP) is 1.32. The van der Waals surface area contributed by atoms with Gasteiger partial charge in [0, 0.05) is 0 Å². The van der Waals surface area contributed by atoms with E-state index in [4.69, 9.17) is 0 Å². The zero-order chi connectivity index (χ0) is 14.5. The zero-order valence-corrected chi connectivity index (χ0v) is 12.2. The molecule has 2 aromatic rings. The van der Waals surface area contributed by atoms with Crippen LogP contribution in [0.15, 0.2) is 17.0 Å². The highest BCUT2D eigenvalue weighted by Crippen LogP contribution is 2.15. The third-order valence-corrected chi connectivity index (χ3v) is 3.79. The summed E-state index contributed by atoms with van der Waals surface area (Å²) in [6, 6.07) is 0. The van der Waals surface area contributed by atoms with E-state index < -0.39 is 0 Å². The maximum Gasteiger partial charge on any atom is 0.144 e. The van der Waals surface area contributed by atoms with Gasteiger partial charge in [0.2, 0.25) is 0 Å². The third-order valence-electron chi connectivity index (χ3n) is 3.79. The SMILES string of the molecule is Cc1nonc1CNc1cnc(CC2CCCNC2)cn1. The van der Waals surface area contributed by atoms with Crippen LogP contribution >= 0.6 is 0 Å². The Morgan fingerprint density at radius 3 is 2.95 bits per heavy atom. The Bertz CT molecular complexity index is 561. The molecule has 0 aliphatic carbocycles. The largest absolute Gasteiger partial charge is 0.363 e. The van der Waals surface area contributed by atoms with Crippen LogP contribution in [0.25, 0.3) is 0 Å². The lowest BCUT2D eigenvalue weighted by Gasteiger charge is -2.22. The minimum Gasteiger partial charge on any atom is -0.363 e. The minimum absolute atomic E-state index is 0.538. The summed E-state index contributed by atoms with van der Waals surface area (Å²) in [6.45, 7) is 4.62. The molecule has 7 nitrogen and oxygen atoms in total. The molecule has 2 N–H and O–H groups in total. The van der Waals surface area contributed by atoms with E-state index >= 15 is 0 Å². The van der Waals surface area contributed by atoms with Crippen molar-refractivity contribution < 1.29 is 4.63 Å². The number of nitrogens with one attached hydrogen (secondary N) is 2. The van der Waals surface area contributed by atoms with Gasteiger partial charge in [0.25, 0.3) is 0 Å². The summed E-state index contributed by atoms with van der Waals surface area (Å²) in [5.41, 5.74) is 2.62. The Morgan fingerprint density at radius 1 is 1.33 bits per heavy atom. The van der Waals surface area contributed by atoms with Crippen molar-refractivity contribution in [3.05, 3.63) is 29.5 Å². The maximum absolute atomic E-state index is 4.66. The number of rotatable bonds is 5. The second-order valence-electron chi connectivity index (χ2n) is 5.46. The van der Waals surface area contributed by atoms with Crippen molar-refractivity contribution in [2.75, 3.05) is 18.4 Å². The van der Waals surface area contributed by atoms with E-state index in [2.05, 4.69) is 35.5 Å². The van der Waals surface area contributed by atoms with Gasteiger partial charge in [0.05, 0.1) is 24.6 Å². The first-order valence-corrected chi connectivity index (χ1v) is 7.35. The number of nitrogens with zero attached hydrogens (tertiary/aromatic N) is 4. The molecule has 1 aliphatic heterocycles. The molecule has 1 unspecified atom stereocenters. The van der Waals surface area contributed by atoms with Crippen LogP contribution in [0.2, 0.25) is 0 Å². The second kappa shape index (κ2) is 6.62. The number of hydrogen-bond acceptors (Lipinski definition) is 7. The summed E-state index contributed by atoms with van der Waals surface area (Å²) < 4.78 is 4.66. The predicted molar refractivity (Wildman–Crippen MR) is 77.7 cm³/mol. The van der Waals surface area contributed by atoms with Gasteiger partial charge in [-0.2, -0.15) is 0 Å². The van der Waals surface area contributed by atoms with Crippen LogP contribution in [0.1, 0.15) is 29.9 Å². The molecule has 0 aromatic carbocycles. The van der Waals surface area contributed by atoms with Gasteiger partial charge in [0.15, 0.2) is 0 Å². The molecule has 3 heterocycles. The Labute approximate surface area is 123 Å². The van der Waals surface area contributed by atoms with Crippen LogP contribution in [0.5, 0.6) is 0 Å². The smallest absolute Gasteiger partial charge is 0.144 e. The van der Waals surface area contributed by atoms with Gasteiger partial charge in [-0.05, 0) is 45.2 Å². The lowest BCUT2D eigenvalue weighted by atomic mass is 9.95. The van der Waals surface area contributed by atoms with Crippen LogP contribution in [0.4, 0.5) is 5.82 Å². The highest BCUT2D eigenvalue weighted by molar-refractivity contribution is 5.32. The Kier molecular flexibility index (Phi) is 4.40. The summed E-state index contributed by atoms with van der Waals surface area (Å²) in [4.78, 5) is 8.88. The van der Waals surface area contributed by atoms with Crippen molar-refractivity contribution in [1.29, 1.82) is 0 Å². The van der Waals surface area contributed by atoms with Gasteiger partial charge < -0.3 is 10.6 Å². The molecule has 21 heavy (non-hydrogen) atoms. The van der Waals surface area contributed by atoms with Crippen molar-refractivity contribution in [1.82, 2.24) is 25.6 Å². The van der Waals surface area contributed by atoms with E-state index in [9.17, 15) is 0 Å². The summed E-state index contributed by atoms with van der Waals surface area (Å²) >= 11 is 0. The van der Waals surface area contributed by atoms with Crippen molar-refractivity contribution in [3.63, 3.8) is 0 Å². The van der Waals surface area contributed by atoms with Crippen LogP contribution < -0.4 is 10.6 Å². The first-order chi connectivity index (χ1) is 10.3. The van der Waals surface area contributed by atoms with Crippen molar-refractivity contribution in [3.8, 4) is 0 Å². The molecule has 0 bridgehead atoms. The molecular formula is C14H20N6O. The fourth-order valence-electron chi connectivity index (χ4n) is 2.53. The average molecular weight is 288 g/mol. The lowest BCUT2D eigenvalue weighted by Crippen LogP contribution is -2.31. The molecule has 3 rings (SSSR count). The number of aryl methyl sites for hydroxylation is 1. The van der Waals surface area contributed by atoms with Gasteiger partial charge in [-0.3, -0.25) is 4.98 Å². The Balaban J connectivity index is 1.52. The maximum atomic E-state index is 4.66. The molecule has 1 atom stereocenters. The van der Waals surface area contributed by atoms with Gasteiger partial charge in [0.1, 0.15) is 17.2 Å². The average Bonchev–Trinajstić information content (AvgIpc) is 2.93. The van der Waals surface area contributed by atoms with E-state index in [1.165, 1.54) is 12.8 Å². The fourth-order valence-corrected chi connectivity index (χ4v) is 2.53. The quantitative estimate of drug-likeness (QED) is 0.857.